The number of allylic oxidation sites excluding steroid dienone is 1. The van der Waals surface area contributed by atoms with Crippen LogP contribution < -0.4 is 4.90 Å². The highest BCUT2D eigenvalue weighted by atomic mass is 32.1. The van der Waals surface area contributed by atoms with E-state index in [1.54, 1.807) is 12.5 Å². The lowest BCUT2D eigenvalue weighted by Gasteiger charge is -2.13. The second kappa shape index (κ2) is 6.49. The second-order valence-corrected chi connectivity index (χ2v) is 5.76. The molecule has 0 saturated carbocycles. The second-order valence-electron chi connectivity index (χ2n) is 4.73. The van der Waals surface area contributed by atoms with Crippen molar-refractivity contribution in [2.24, 2.45) is 4.99 Å². The molecule has 2 heterocycles. The van der Waals surface area contributed by atoms with Gasteiger partial charge in [-0.2, -0.15) is 0 Å². The minimum atomic E-state index is 0.594. The number of thiophene rings is 1. The first-order chi connectivity index (χ1) is 10.1. The SMILES string of the molecule is C/C=C/N(C)C=Nc1c(C=O)sc2nccc(N(C)C)c12. The molecule has 2 aromatic heterocycles. The molecule has 0 radical (unpaired) electrons. The number of nitrogens with zero attached hydrogens (tertiary/aromatic N) is 4. The monoisotopic (exact) mass is 302 g/mol. The summed E-state index contributed by atoms with van der Waals surface area (Å²) in [6, 6.07) is 1.93. The van der Waals surface area contributed by atoms with Crippen LogP contribution in [0.2, 0.25) is 0 Å². The molecule has 0 spiro atoms. The van der Waals surface area contributed by atoms with Gasteiger partial charge in [0.2, 0.25) is 0 Å². The number of aliphatic imine (C=N–C) groups is 1. The van der Waals surface area contributed by atoms with Crippen LogP contribution in [0.25, 0.3) is 10.2 Å². The summed E-state index contributed by atoms with van der Waals surface area (Å²) < 4.78 is 0. The highest BCUT2D eigenvalue weighted by Gasteiger charge is 2.16. The first kappa shape index (κ1) is 15.2. The van der Waals surface area contributed by atoms with E-state index in [9.17, 15) is 4.79 Å². The molecule has 6 heteroatoms. The number of fused-ring (bicyclic) bond motifs is 1. The first-order valence-electron chi connectivity index (χ1n) is 6.51. The van der Waals surface area contributed by atoms with Gasteiger partial charge in [-0.15, -0.1) is 11.3 Å². The van der Waals surface area contributed by atoms with Crippen molar-refractivity contribution < 1.29 is 4.79 Å². The van der Waals surface area contributed by atoms with Crippen LogP contribution in [0.1, 0.15) is 16.6 Å². The van der Waals surface area contributed by atoms with E-state index in [1.807, 2.05) is 56.2 Å². The number of pyridine rings is 1. The Bertz CT molecular complexity index is 703. The Kier molecular flexibility index (Phi) is 4.70. The van der Waals surface area contributed by atoms with Crippen molar-refractivity contribution in [1.82, 2.24) is 9.88 Å². The van der Waals surface area contributed by atoms with E-state index in [0.717, 1.165) is 22.2 Å². The molecule has 0 aliphatic heterocycles. The van der Waals surface area contributed by atoms with E-state index in [-0.39, 0.29) is 0 Å². The average molecular weight is 302 g/mol. The van der Waals surface area contributed by atoms with E-state index in [0.29, 0.717) is 10.6 Å². The van der Waals surface area contributed by atoms with Crippen LogP contribution >= 0.6 is 11.3 Å². The summed E-state index contributed by atoms with van der Waals surface area (Å²) in [5.74, 6) is 0. The third-order valence-electron chi connectivity index (χ3n) is 2.91. The number of rotatable bonds is 5. The van der Waals surface area contributed by atoms with Crippen LogP contribution in [0.3, 0.4) is 0 Å². The third kappa shape index (κ3) is 3.11. The molecule has 0 unspecified atom stereocenters. The van der Waals surface area contributed by atoms with Gasteiger partial charge in [0.05, 0.1) is 28.0 Å². The lowest BCUT2D eigenvalue weighted by molar-refractivity contribution is 0.112. The summed E-state index contributed by atoms with van der Waals surface area (Å²) >= 11 is 1.36. The molecule has 0 bridgehead atoms. The van der Waals surface area contributed by atoms with Gasteiger partial charge in [0.1, 0.15) is 4.83 Å². The average Bonchev–Trinajstić information content (AvgIpc) is 2.82. The zero-order valence-electron chi connectivity index (χ0n) is 12.6. The Labute approximate surface area is 128 Å². The molecule has 0 aromatic carbocycles. The molecule has 2 aromatic rings. The van der Waals surface area contributed by atoms with Crippen molar-refractivity contribution in [3.63, 3.8) is 0 Å². The zero-order chi connectivity index (χ0) is 15.4. The maximum atomic E-state index is 11.3. The van der Waals surface area contributed by atoms with Gasteiger partial charge in [-0.3, -0.25) is 4.79 Å². The maximum Gasteiger partial charge on any atom is 0.162 e. The highest BCUT2D eigenvalue weighted by molar-refractivity contribution is 7.21. The van der Waals surface area contributed by atoms with Crippen LogP contribution in [-0.4, -0.2) is 43.7 Å². The largest absolute Gasteiger partial charge is 0.377 e. The van der Waals surface area contributed by atoms with E-state index in [1.165, 1.54) is 11.3 Å². The molecule has 21 heavy (non-hydrogen) atoms. The van der Waals surface area contributed by atoms with Crippen molar-refractivity contribution in [1.29, 1.82) is 0 Å². The van der Waals surface area contributed by atoms with Crippen molar-refractivity contribution in [3.05, 3.63) is 29.4 Å². The van der Waals surface area contributed by atoms with Crippen LogP contribution in [0, 0.1) is 0 Å². The van der Waals surface area contributed by atoms with Crippen LogP contribution in [0.4, 0.5) is 11.4 Å². The topological polar surface area (TPSA) is 48.8 Å². The normalized spacial score (nSPS) is 11.6. The van der Waals surface area contributed by atoms with Gasteiger partial charge in [0.15, 0.2) is 6.29 Å². The number of carbonyl (C=O) groups is 1. The molecular weight excluding hydrogens is 284 g/mol. The lowest BCUT2D eigenvalue weighted by Crippen LogP contribution is -2.09. The molecule has 0 fully saturated rings. The molecule has 5 nitrogen and oxygen atoms in total. The molecule has 0 N–H and O–H groups in total. The third-order valence-corrected chi connectivity index (χ3v) is 3.93. The molecular formula is C15H18N4OS. The quantitative estimate of drug-likeness (QED) is 0.483. The van der Waals surface area contributed by atoms with E-state index in [2.05, 4.69) is 9.98 Å². The fraction of sp³-hybridized carbons (Fsp3) is 0.267. The van der Waals surface area contributed by atoms with E-state index >= 15 is 0 Å². The predicted molar refractivity (Wildman–Crippen MR) is 90.1 cm³/mol. The minimum absolute atomic E-state index is 0.594. The summed E-state index contributed by atoms with van der Waals surface area (Å²) in [7, 11) is 5.82. The Balaban J connectivity index is 2.62. The summed E-state index contributed by atoms with van der Waals surface area (Å²) in [5.41, 5.74) is 1.68. The molecule has 0 atom stereocenters. The molecule has 0 aliphatic carbocycles. The zero-order valence-corrected chi connectivity index (χ0v) is 13.4. The van der Waals surface area contributed by atoms with Gasteiger partial charge in [-0.25, -0.2) is 9.98 Å². The fourth-order valence-corrected chi connectivity index (χ4v) is 2.94. The van der Waals surface area contributed by atoms with Crippen molar-refractivity contribution >= 4 is 45.6 Å². The summed E-state index contributed by atoms with van der Waals surface area (Å²) in [4.78, 5) is 25.4. The van der Waals surface area contributed by atoms with E-state index < -0.39 is 0 Å². The van der Waals surface area contributed by atoms with E-state index in [4.69, 9.17) is 0 Å². The fourth-order valence-electron chi connectivity index (χ4n) is 2.01. The molecule has 0 amide bonds. The van der Waals surface area contributed by atoms with Gasteiger partial charge >= 0.3 is 0 Å². The highest BCUT2D eigenvalue weighted by Crippen LogP contribution is 2.40. The van der Waals surface area contributed by atoms with Crippen molar-refractivity contribution in [3.8, 4) is 0 Å². The lowest BCUT2D eigenvalue weighted by atomic mass is 10.2. The number of hydrogen-bond donors (Lipinski definition) is 0. The number of anilines is 1. The number of aldehydes is 1. The van der Waals surface area contributed by atoms with Gasteiger partial charge in [-0.1, -0.05) is 6.08 Å². The molecule has 0 saturated heterocycles. The standard InChI is InChI=1S/C15H18N4OS/c1-5-8-19(4)10-17-14-12(9-20)21-15-13(14)11(18(2)3)6-7-16-15/h5-10H,1-4H3/b8-5+,17-10?. The maximum absolute atomic E-state index is 11.3. The summed E-state index contributed by atoms with van der Waals surface area (Å²) in [6.07, 6.45) is 8.10. The Morgan fingerprint density at radius 1 is 1.33 bits per heavy atom. The smallest absolute Gasteiger partial charge is 0.162 e. The molecule has 2 rings (SSSR count). The number of hydrogen-bond acceptors (Lipinski definition) is 5. The number of aromatic nitrogens is 1. The molecule has 110 valence electrons. The molecule has 0 aliphatic rings. The van der Waals surface area contributed by atoms with Crippen molar-refractivity contribution in [2.45, 2.75) is 6.92 Å². The number of carbonyl (C=O) groups excluding carboxylic acids is 1. The van der Waals surface area contributed by atoms with Gasteiger partial charge in [0.25, 0.3) is 0 Å². The Hall–Kier alpha value is -2.21. The summed E-state index contributed by atoms with van der Waals surface area (Å²) in [5, 5.41) is 0.916. The van der Waals surface area contributed by atoms with Gasteiger partial charge < -0.3 is 9.80 Å². The Morgan fingerprint density at radius 3 is 2.71 bits per heavy atom. The van der Waals surface area contributed by atoms with Crippen LogP contribution in [0.15, 0.2) is 29.5 Å². The van der Waals surface area contributed by atoms with Gasteiger partial charge in [-0.05, 0) is 13.0 Å². The minimum Gasteiger partial charge on any atom is -0.377 e. The Morgan fingerprint density at radius 2 is 2.10 bits per heavy atom. The van der Waals surface area contributed by atoms with Crippen LogP contribution in [-0.2, 0) is 0 Å². The van der Waals surface area contributed by atoms with Crippen molar-refractivity contribution in [2.75, 3.05) is 26.0 Å². The first-order valence-corrected chi connectivity index (χ1v) is 7.33. The van der Waals surface area contributed by atoms with Crippen LogP contribution in [0.5, 0.6) is 0 Å². The summed E-state index contributed by atoms with van der Waals surface area (Å²) in [6.45, 7) is 1.94. The predicted octanol–water partition coefficient (Wildman–Crippen LogP) is 3.30. The van der Waals surface area contributed by atoms with Gasteiger partial charge in [0, 0.05) is 33.5 Å².